The van der Waals surface area contributed by atoms with Gasteiger partial charge in [-0.05, 0) is 56.8 Å². The number of carbonyl (C=O) groups excluding carboxylic acids is 2. The molecular formula is C21H35N3O2. The lowest BCUT2D eigenvalue weighted by Gasteiger charge is -2.49. The molecule has 4 aliphatic rings. The fourth-order valence-corrected chi connectivity index (χ4v) is 5.76. The van der Waals surface area contributed by atoms with Crippen LogP contribution in [0, 0.1) is 17.8 Å². The SMILES string of the molecule is C[C@@H]1C[C@H](C)CN(C(=O)[C@H](C)N2CC[C@H]3[C@H](CCC(=O)N3C3CC3)C2)C1. The van der Waals surface area contributed by atoms with E-state index in [0.717, 1.165) is 39.0 Å². The smallest absolute Gasteiger partial charge is 0.239 e. The number of hydrogen-bond acceptors (Lipinski definition) is 3. The first-order chi connectivity index (χ1) is 12.4. The van der Waals surface area contributed by atoms with Crippen LogP contribution in [-0.2, 0) is 9.59 Å². The molecule has 5 heteroatoms. The van der Waals surface area contributed by atoms with Crippen molar-refractivity contribution in [2.45, 2.75) is 77.4 Å². The van der Waals surface area contributed by atoms with E-state index in [1.165, 1.54) is 19.3 Å². The van der Waals surface area contributed by atoms with Gasteiger partial charge in [0.15, 0.2) is 0 Å². The first-order valence-corrected chi connectivity index (χ1v) is 10.8. The lowest BCUT2D eigenvalue weighted by molar-refractivity contribution is -0.146. The summed E-state index contributed by atoms with van der Waals surface area (Å²) in [5.41, 5.74) is 0. The van der Waals surface area contributed by atoms with E-state index in [-0.39, 0.29) is 6.04 Å². The third-order valence-corrected chi connectivity index (χ3v) is 7.13. The minimum atomic E-state index is -0.0274. The van der Waals surface area contributed by atoms with Gasteiger partial charge < -0.3 is 9.80 Å². The lowest BCUT2D eigenvalue weighted by Crippen LogP contribution is -2.60. The monoisotopic (exact) mass is 361 g/mol. The third-order valence-electron chi connectivity index (χ3n) is 7.13. The van der Waals surface area contributed by atoms with E-state index < -0.39 is 0 Å². The largest absolute Gasteiger partial charge is 0.341 e. The van der Waals surface area contributed by atoms with Crippen molar-refractivity contribution in [1.29, 1.82) is 0 Å². The fourth-order valence-electron chi connectivity index (χ4n) is 5.76. The van der Waals surface area contributed by atoms with E-state index in [1.54, 1.807) is 0 Å². The quantitative estimate of drug-likeness (QED) is 0.775. The van der Waals surface area contributed by atoms with Crippen LogP contribution in [0.2, 0.25) is 0 Å². The standard InChI is InChI=1S/C21H35N3O2/c1-14-10-15(2)12-23(11-14)21(26)16(3)22-9-8-19-17(13-22)4-7-20(25)24(19)18-5-6-18/h14-19H,4-13H2,1-3H3/t14-,15+,16-,17+,19-/m0/s1. The summed E-state index contributed by atoms with van der Waals surface area (Å²) in [5, 5.41) is 0. The Morgan fingerprint density at radius 2 is 1.73 bits per heavy atom. The van der Waals surface area contributed by atoms with Crippen LogP contribution in [0.3, 0.4) is 0 Å². The van der Waals surface area contributed by atoms with E-state index in [1.807, 2.05) is 0 Å². The molecule has 1 aliphatic carbocycles. The van der Waals surface area contributed by atoms with Crippen LogP contribution < -0.4 is 0 Å². The van der Waals surface area contributed by atoms with Gasteiger partial charge in [0.2, 0.25) is 11.8 Å². The van der Waals surface area contributed by atoms with Gasteiger partial charge in [0.25, 0.3) is 0 Å². The highest BCUT2D eigenvalue weighted by Crippen LogP contribution is 2.39. The fraction of sp³-hybridized carbons (Fsp3) is 0.905. The van der Waals surface area contributed by atoms with Gasteiger partial charge in [0, 0.05) is 44.7 Å². The van der Waals surface area contributed by atoms with Crippen LogP contribution in [0.5, 0.6) is 0 Å². The highest BCUT2D eigenvalue weighted by Gasteiger charge is 2.46. The number of likely N-dealkylation sites (tertiary alicyclic amines) is 3. The first kappa shape index (κ1) is 18.3. The Morgan fingerprint density at radius 1 is 1.04 bits per heavy atom. The van der Waals surface area contributed by atoms with Gasteiger partial charge in [0.05, 0.1) is 6.04 Å². The highest BCUT2D eigenvalue weighted by atomic mass is 16.2. The Morgan fingerprint density at radius 3 is 2.38 bits per heavy atom. The number of rotatable bonds is 3. The van der Waals surface area contributed by atoms with Crippen molar-refractivity contribution in [1.82, 2.24) is 14.7 Å². The molecule has 0 aromatic carbocycles. The molecule has 3 saturated heterocycles. The molecule has 5 nitrogen and oxygen atoms in total. The Labute approximate surface area is 158 Å². The number of carbonyl (C=O) groups is 2. The van der Waals surface area contributed by atoms with E-state index in [2.05, 4.69) is 35.5 Å². The van der Waals surface area contributed by atoms with E-state index >= 15 is 0 Å². The molecule has 3 aliphatic heterocycles. The van der Waals surface area contributed by atoms with Crippen molar-refractivity contribution in [3.8, 4) is 0 Å². The molecule has 26 heavy (non-hydrogen) atoms. The summed E-state index contributed by atoms with van der Waals surface area (Å²) in [7, 11) is 0. The van der Waals surface area contributed by atoms with Crippen LogP contribution in [-0.4, -0.2) is 70.8 Å². The number of nitrogens with zero attached hydrogens (tertiary/aromatic N) is 3. The van der Waals surface area contributed by atoms with Crippen LogP contribution in [0.1, 0.15) is 59.3 Å². The van der Waals surface area contributed by atoms with E-state index in [4.69, 9.17) is 0 Å². The Balaban J connectivity index is 1.38. The van der Waals surface area contributed by atoms with Gasteiger partial charge in [-0.15, -0.1) is 0 Å². The summed E-state index contributed by atoms with van der Waals surface area (Å²) in [6.45, 7) is 10.4. The Bertz CT molecular complexity index is 551. The third kappa shape index (κ3) is 3.51. The summed E-state index contributed by atoms with van der Waals surface area (Å²) in [5.74, 6) is 2.46. The van der Waals surface area contributed by atoms with Gasteiger partial charge in [-0.25, -0.2) is 0 Å². The first-order valence-electron chi connectivity index (χ1n) is 10.8. The average molecular weight is 362 g/mol. The molecule has 2 amide bonds. The Hall–Kier alpha value is -1.10. The average Bonchev–Trinajstić information content (AvgIpc) is 3.44. The second-order valence-corrected chi connectivity index (χ2v) is 9.55. The van der Waals surface area contributed by atoms with E-state index in [9.17, 15) is 9.59 Å². The van der Waals surface area contributed by atoms with Crippen LogP contribution in [0.15, 0.2) is 0 Å². The van der Waals surface area contributed by atoms with Crippen LogP contribution in [0.4, 0.5) is 0 Å². The molecule has 3 heterocycles. The molecular weight excluding hydrogens is 326 g/mol. The molecule has 0 radical (unpaired) electrons. The maximum Gasteiger partial charge on any atom is 0.239 e. The van der Waals surface area contributed by atoms with Crippen LogP contribution >= 0.6 is 0 Å². The molecule has 0 spiro atoms. The summed E-state index contributed by atoms with van der Waals surface area (Å²) in [6.07, 6.45) is 6.36. The highest BCUT2D eigenvalue weighted by molar-refractivity contribution is 5.81. The molecule has 0 aromatic rings. The molecule has 0 unspecified atom stereocenters. The zero-order valence-corrected chi connectivity index (χ0v) is 16.7. The van der Waals surface area contributed by atoms with Gasteiger partial charge in [-0.3, -0.25) is 14.5 Å². The van der Waals surface area contributed by atoms with Crippen molar-refractivity contribution >= 4 is 11.8 Å². The van der Waals surface area contributed by atoms with Crippen molar-refractivity contribution < 1.29 is 9.59 Å². The molecule has 5 atom stereocenters. The van der Waals surface area contributed by atoms with E-state index in [0.29, 0.717) is 48.1 Å². The maximum absolute atomic E-state index is 13.1. The summed E-state index contributed by atoms with van der Waals surface area (Å²) >= 11 is 0. The lowest BCUT2D eigenvalue weighted by atomic mass is 9.82. The molecule has 0 N–H and O–H groups in total. The Kier molecular flexibility index (Phi) is 5.02. The minimum absolute atomic E-state index is 0.0274. The summed E-state index contributed by atoms with van der Waals surface area (Å²) in [6, 6.07) is 0.926. The molecule has 0 bridgehead atoms. The number of hydrogen-bond donors (Lipinski definition) is 0. The van der Waals surface area contributed by atoms with Crippen molar-refractivity contribution in [3.63, 3.8) is 0 Å². The molecule has 4 fully saturated rings. The van der Waals surface area contributed by atoms with Gasteiger partial charge in [-0.2, -0.15) is 0 Å². The second kappa shape index (κ2) is 7.14. The summed E-state index contributed by atoms with van der Waals surface area (Å²) < 4.78 is 0. The molecule has 1 saturated carbocycles. The van der Waals surface area contributed by atoms with Gasteiger partial charge >= 0.3 is 0 Å². The van der Waals surface area contributed by atoms with Gasteiger partial charge in [0.1, 0.15) is 0 Å². The van der Waals surface area contributed by atoms with Crippen molar-refractivity contribution in [2.24, 2.45) is 17.8 Å². The number of fused-ring (bicyclic) bond motifs is 1. The molecule has 0 aromatic heterocycles. The topological polar surface area (TPSA) is 43.9 Å². The molecule has 146 valence electrons. The second-order valence-electron chi connectivity index (χ2n) is 9.55. The summed E-state index contributed by atoms with van der Waals surface area (Å²) in [4.78, 5) is 32.2. The van der Waals surface area contributed by atoms with Crippen molar-refractivity contribution in [3.05, 3.63) is 0 Å². The maximum atomic E-state index is 13.1. The van der Waals surface area contributed by atoms with Crippen LogP contribution in [0.25, 0.3) is 0 Å². The predicted octanol–water partition coefficient (Wildman–Crippen LogP) is 2.35. The zero-order chi connectivity index (χ0) is 18.4. The normalized spacial score (nSPS) is 37.4. The number of piperidine rings is 3. The van der Waals surface area contributed by atoms with Crippen molar-refractivity contribution in [2.75, 3.05) is 26.2 Å². The van der Waals surface area contributed by atoms with Gasteiger partial charge in [-0.1, -0.05) is 13.8 Å². The number of amides is 2. The predicted molar refractivity (Wildman–Crippen MR) is 102 cm³/mol. The minimum Gasteiger partial charge on any atom is -0.341 e. The molecule has 4 rings (SSSR count). The zero-order valence-electron chi connectivity index (χ0n) is 16.7.